The zero-order valence-electron chi connectivity index (χ0n) is 13.5. The highest BCUT2D eigenvalue weighted by Gasteiger charge is 2.76. The maximum absolute atomic E-state index is 9.95. The van der Waals surface area contributed by atoms with E-state index in [2.05, 4.69) is 0 Å². The average Bonchev–Trinajstić information content (AvgIpc) is 2.50. The molecule has 1 atom stereocenters. The summed E-state index contributed by atoms with van der Waals surface area (Å²) in [7, 11) is 0. The molecule has 4 bridgehead atoms. The monoisotopic (exact) mass is 316 g/mol. The van der Waals surface area contributed by atoms with E-state index >= 15 is 0 Å². The fourth-order valence-corrected chi connectivity index (χ4v) is 6.18. The SMILES string of the molecule is CCOC1(c2cccc(O)c2)OOC12C1CC3CC(C1)CC2C3. The van der Waals surface area contributed by atoms with Gasteiger partial charge in [-0.1, -0.05) is 12.1 Å². The molecule has 124 valence electrons. The van der Waals surface area contributed by atoms with E-state index in [0.29, 0.717) is 18.4 Å². The van der Waals surface area contributed by atoms with Crippen LogP contribution in [0.5, 0.6) is 5.75 Å². The van der Waals surface area contributed by atoms with Crippen molar-refractivity contribution in [1.82, 2.24) is 0 Å². The molecule has 1 N–H and O–H groups in total. The summed E-state index contributed by atoms with van der Waals surface area (Å²) in [5.74, 6) is 2.11. The predicted molar refractivity (Wildman–Crippen MR) is 83.4 cm³/mol. The largest absolute Gasteiger partial charge is 0.508 e. The topological polar surface area (TPSA) is 47.9 Å². The first-order chi connectivity index (χ1) is 11.2. The molecule has 1 spiro atoms. The summed E-state index contributed by atoms with van der Waals surface area (Å²) < 4.78 is 6.23. The number of rotatable bonds is 3. The van der Waals surface area contributed by atoms with Crippen molar-refractivity contribution in [2.75, 3.05) is 6.61 Å². The van der Waals surface area contributed by atoms with Crippen LogP contribution in [0.4, 0.5) is 0 Å². The van der Waals surface area contributed by atoms with E-state index in [1.54, 1.807) is 12.1 Å². The van der Waals surface area contributed by atoms with Gasteiger partial charge < -0.3 is 9.84 Å². The number of ether oxygens (including phenoxy) is 1. The molecule has 5 fully saturated rings. The number of hydrogen-bond donors (Lipinski definition) is 1. The van der Waals surface area contributed by atoms with Crippen LogP contribution in [0, 0.1) is 23.7 Å². The van der Waals surface area contributed by atoms with E-state index in [0.717, 1.165) is 17.4 Å². The Bertz CT molecular complexity index is 600. The summed E-state index contributed by atoms with van der Waals surface area (Å²) in [5, 5.41) is 9.95. The molecule has 0 aromatic heterocycles. The second kappa shape index (κ2) is 4.71. The molecule has 1 saturated heterocycles. The van der Waals surface area contributed by atoms with E-state index in [9.17, 15) is 5.11 Å². The molecule has 0 amide bonds. The van der Waals surface area contributed by atoms with Gasteiger partial charge in [-0.25, -0.2) is 4.89 Å². The van der Waals surface area contributed by atoms with Gasteiger partial charge in [0.15, 0.2) is 5.60 Å². The Morgan fingerprint density at radius 1 is 1.09 bits per heavy atom. The maximum atomic E-state index is 9.95. The van der Waals surface area contributed by atoms with Crippen molar-refractivity contribution in [3.05, 3.63) is 29.8 Å². The van der Waals surface area contributed by atoms with Crippen molar-refractivity contribution in [2.45, 2.75) is 50.4 Å². The second-order valence-corrected chi connectivity index (χ2v) is 7.86. The molecule has 1 aromatic rings. The van der Waals surface area contributed by atoms with Crippen LogP contribution in [-0.4, -0.2) is 17.3 Å². The fraction of sp³-hybridized carbons (Fsp3) is 0.684. The third-order valence-electron chi connectivity index (χ3n) is 6.74. The summed E-state index contributed by atoms with van der Waals surface area (Å²) in [6.07, 6.45) is 6.31. The van der Waals surface area contributed by atoms with Gasteiger partial charge in [-0.3, -0.25) is 0 Å². The van der Waals surface area contributed by atoms with Crippen LogP contribution in [0.2, 0.25) is 0 Å². The Labute approximate surface area is 136 Å². The molecule has 6 rings (SSSR count). The average molecular weight is 316 g/mol. The van der Waals surface area contributed by atoms with Crippen LogP contribution in [-0.2, 0) is 20.3 Å². The first kappa shape index (κ1) is 14.3. The van der Waals surface area contributed by atoms with Crippen LogP contribution in [0.25, 0.3) is 0 Å². The quantitative estimate of drug-likeness (QED) is 0.863. The molecule has 1 aliphatic heterocycles. The summed E-state index contributed by atoms with van der Waals surface area (Å²) >= 11 is 0. The summed E-state index contributed by atoms with van der Waals surface area (Å²) in [6.45, 7) is 2.56. The van der Waals surface area contributed by atoms with Gasteiger partial charge >= 0.3 is 0 Å². The standard InChI is InChI=1S/C19H24O4/c1-2-21-19(14-4-3-5-17(20)11-14)18(22-23-19)15-7-12-6-13(9-15)10-16(18)8-12/h3-5,11-13,15-16,20H,2,6-10H2,1H3. The van der Waals surface area contributed by atoms with E-state index in [1.807, 2.05) is 19.1 Å². The number of phenols is 1. The van der Waals surface area contributed by atoms with Gasteiger partial charge in [-0.05, 0) is 74.8 Å². The lowest BCUT2D eigenvalue weighted by molar-refractivity contribution is -0.648. The fourth-order valence-electron chi connectivity index (χ4n) is 6.18. The van der Waals surface area contributed by atoms with Crippen molar-refractivity contribution in [3.63, 3.8) is 0 Å². The lowest BCUT2D eigenvalue weighted by Gasteiger charge is -2.68. The number of aromatic hydroxyl groups is 1. The minimum Gasteiger partial charge on any atom is -0.508 e. The number of benzene rings is 1. The molecule has 4 nitrogen and oxygen atoms in total. The van der Waals surface area contributed by atoms with Crippen LogP contribution in [0.1, 0.15) is 44.6 Å². The molecule has 1 aromatic carbocycles. The lowest BCUT2D eigenvalue weighted by Crippen LogP contribution is -2.76. The molecular weight excluding hydrogens is 292 g/mol. The number of phenolic OH excluding ortho intramolecular Hbond substituents is 1. The van der Waals surface area contributed by atoms with Gasteiger partial charge in [0, 0.05) is 12.2 Å². The Hall–Kier alpha value is -1.10. The molecule has 4 aliphatic carbocycles. The van der Waals surface area contributed by atoms with Gasteiger partial charge in [-0.15, -0.1) is 0 Å². The third kappa shape index (κ3) is 1.67. The van der Waals surface area contributed by atoms with Crippen LogP contribution in [0.3, 0.4) is 0 Å². The highest BCUT2D eigenvalue weighted by atomic mass is 17.3. The first-order valence-corrected chi connectivity index (χ1v) is 8.98. The zero-order valence-corrected chi connectivity index (χ0v) is 13.5. The Morgan fingerprint density at radius 2 is 1.78 bits per heavy atom. The maximum Gasteiger partial charge on any atom is 0.261 e. The highest BCUT2D eigenvalue weighted by molar-refractivity contribution is 5.35. The van der Waals surface area contributed by atoms with Gasteiger partial charge in [0.1, 0.15) is 5.75 Å². The van der Waals surface area contributed by atoms with E-state index in [4.69, 9.17) is 14.5 Å². The Kier molecular flexibility index (Phi) is 2.92. The van der Waals surface area contributed by atoms with Gasteiger partial charge in [0.25, 0.3) is 5.79 Å². The highest BCUT2D eigenvalue weighted by Crippen LogP contribution is 2.69. The molecule has 4 saturated carbocycles. The molecule has 5 aliphatic rings. The van der Waals surface area contributed by atoms with Crippen molar-refractivity contribution < 1.29 is 19.6 Å². The molecule has 1 heterocycles. The molecular formula is C19H24O4. The Balaban J connectivity index is 1.62. The Morgan fingerprint density at radius 3 is 2.30 bits per heavy atom. The van der Waals surface area contributed by atoms with Gasteiger partial charge in [0.05, 0.1) is 0 Å². The molecule has 23 heavy (non-hydrogen) atoms. The normalized spacial score (nSPS) is 47.0. The van der Waals surface area contributed by atoms with E-state index in [-0.39, 0.29) is 11.4 Å². The van der Waals surface area contributed by atoms with Gasteiger partial charge in [-0.2, -0.15) is 4.89 Å². The van der Waals surface area contributed by atoms with Gasteiger partial charge in [0.2, 0.25) is 0 Å². The van der Waals surface area contributed by atoms with Crippen molar-refractivity contribution in [1.29, 1.82) is 0 Å². The molecule has 4 heteroatoms. The van der Waals surface area contributed by atoms with Crippen molar-refractivity contribution in [2.24, 2.45) is 23.7 Å². The van der Waals surface area contributed by atoms with Crippen LogP contribution < -0.4 is 0 Å². The minimum absolute atomic E-state index is 0.246. The second-order valence-electron chi connectivity index (χ2n) is 7.86. The van der Waals surface area contributed by atoms with Crippen LogP contribution >= 0.6 is 0 Å². The minimum atomic E-state index is -0.858. The van der Waals surface area contributed by atoms with E-state index < -0.39 is 5.79 Å². The van der Waals surface area contributed by atoms with Crippen LogP contribution in [0.15, 0.2) is 24.3 Å². The third-order valence-corrected chi connectivity index (χ3v) is 6.74. The first-order valence-electron chi connectivity index (χ1n) is 8.98. The predicted octanol–water partition coefficient (Wildman–Crippen LogP) is 3.74. The lowest BCUT2D eigenvalue weighted by atomic mass is 9.47. The van der Waals surface area contributed by atoms with Crippen molar-refractivity contribution in [3.8, 4) is 5.75 Å². The summed E-state index contributed by atoms with van der Waals surface area (Å²) in [6, 6.07) is 7.30. The number of hydrogen-bond acceptors (Lipinski definition) is 4. The molecule has 1 unspecified atom stereocenters. The van der Waals surface area contributed by atoms with E-state index in [1.165, 1.54) is 32.1 Å². The zero-order chi connectivity index (χ0) is 15.7. The summed E-state index contributed by atoms with van der Waals surface area (Å²) in [5.41, 5.74) is 0.516. The smallest absolute Gasteiger partial charge is 0.261 e. The molecule has 0 radical (unpaired) electrons. The summed E-state index contributed by atoms with van der Waals surface area (Å²) in [4.78, 5) is 11.7. The van der Waals surface area contributed by atoms with Crippen molar-refractivity contribution >= 4 is 0 Å².